The maximum absolute atomic E-state index is 10.9. The fourth-order valence-corrected chi connectivity index (χ4v) is 2.41. The first-order valence-electron chi connectivity index (χ1n) is 7.29. The molecule has 0 spiro atoms. The Balaban J connectivity index is 2.00. The van der Waals surface area contributed by atoms with Gasteiger partial charge < -0.3 is 19.7 Å². The van der Waals surface area contributed by atoms with E-state index in [1.807, 2.05) is 37.4 Å². The molecule has 0 saturated carbocycles. The number of hydrogen-bond acceptors (Lipinski definition) is 3. The van der Waals surface area contributed by atoms with Gasteiger partial charge in [-0.15, -0.1) is 0 Å². The van der Waals surface area contributed by atoms with E-state index in [2.05, 4.69) is 5.32 Å². The molecule has 0 atom stereocenters. The topological polar surface area (TPSA) is 63.5 Å². The Hall–Kier alpha value is -1.85. The second-order valence-electron chi connectivity index (χ2n) is 4.92. The summed E-state index contributed by atoms with van der Waals surface area (Å²) in [6.07, 6.45) is 2.90. The van der Waals surface area contributed by atoms with Gasteiger partial charge in [0.15, 0.2) is 0 Å². The Bertz CT molecular complexity index is 592. The third kappa shape index (κ3) is 4.31. The van der Waals surface area contributed by atoms with Crippen molar-refractivity contribution in [2.75, 3.05) is 19.8 Å². The zero-order valence-corrected chi connectivity index (χ0v) is 12.3. The molecule has 0 fully saturated rings. The van der Waals surface area contributed by atoms with Gasteiger partial charge in [0.05, 0.1) is 0 Å². The highest BCUT2D eigenvalue weighted by Gasteiger charge is 2.09. The van der Waals surface area contributed by atoms with Crippen LogP contribution in [0.1, 0.15) is 18.9 Å². The normalized spacial score (nSPS) is 11.1. The number of nitrogens with one attached hydrogen (secondary N) is 1. The van der Waals surface area contributed by atoms with Crippen LogP contribution in [-0.4, -0.2) is 35.4 Å². The third-order valence-corrected chi connectivity index (χ3v) is 3.34. The molecule has 114 valence electrons. The molecule has 0 saturated heterocycles. The van der Waals surface area contributed by atoms with E-state index in [1.165, 1.54) is 0 Å². The summed E-state index contributed by atoms with van der Waals surface area (Å²) >= 11 is 0. The van der Waals surface area contributed by atoms with Crippen LogP contribution in [0.25, 0.3) is 10.9 Å². The van der Waals surface area contributed by atoms with Crippen molar-refractivity contribution in [3.05, 3.63) is 36.0 Å². The van der Waals surface area contributed by atoms with Gasteiger partial charge in [0.2, 0.25) is 0 Å². The van der Waals surface area contributed by atoms with Crippen molar-refractivity contribution in [2.45, 2.75) is 26.4 Å². The number of benzene rings is 1. The Morgan fingerprint density at radius 2 is 2.19 bits per heavy atom. The molecule has 1 aromatic heterocycles. The van der Waals surface area contributed by atoms with E-state index in [-0.39, 0.29) is 6.54 Å². The van der Waals surface area contributed by atoms with Crippen LogP contribution in [0, 0.1) is 0 Å². The van der Waals surface area contributed by atoms with Gasteiger partial charge in [-0.05, 0) is 31.5 Å². The number of carbonyl (C=O) groups is 1. The minimum Gasteiger partial charge on any atom is -0.480 e. The van der Waals surface area contributed by atoms with Gasteiger partial charge >= 0.3 is 5.97 Å². The Morgan fingerprint density at radius 1 is 1.38 bits per heavy atom. The first-order chi connectivity index (χ1) is 10.2. The van der Waals surface area contributed by atoms with Crippen molar-refractivity contribution in [2.24, 2.45) is 0 Å². The largest absolute Gasteiger partial charge is 0.480 e. The maximum Gasteiger partial charge on any atom is 0.323 e. The molecule has 5 heteroatoms. The van der Waals surface area contributed by atoms with Crippen molar-refractivity contribution in [1.29, 1.82) is 0 Å². The van der Waals surface area contributed by atoms with Crippen molar-refractivity contribution in [1.82, 2.24) is 9.88 Å². The predicted molar refractivity (Wildman–Crippen MR) is 82.4 cm³/mol. The Kier molecular flexibility index (Phi) is 5.78. The van der Waals surface area contributed by atoms with Crippen LogP contribution in [0.3, 0.4) is 0 Å². The number of fused-ring (bicyclic) bond motifs is 1. The van der Waals surface area contributed by atoms with Crippen LogP contribution < -0.4 is 5.32 Å². The van der Waals surface area contributed by atoms with Crippen LogP contribution >= 0.6 is 0 Å². The number of carboxylic acids is 1. The molecule has 0 unspecified atom stereocenters. The van der Waals surface area contributed by atoms with Crippen molar-refractivity contribution in [3.63, 3.8) is 0 Å². The standard InChI is InChI=1S/C16H22N2O3/c1-2-21-9-5-8-17-10-13-11-18(12-16(19)20)15-7-4-3-6-14(13)15/h3-4,6-7,11,17H,2,5,8-10,12H2,1H3,(H,19,20). The molecule has 0 aliphatic heterocycles. The minimum absolute atomic E-state index is 0.00907. The molecule has 0 amide bonds. The van der Waals surface area contributed by atoms with Gasteiger partial charge in [-0.1, -0.05) is 18.2 Å². The molecule has 2 rings (SSSR count). The summed E-state index contributed by atoms with van der Waals surface area (Å²) in [4.78, 5) is 10.9. The lowest BCUT2D eigenvalue weighted by atomic mass is 10.2. The van der Waals surface area contributed by atoms with Gasteiger partial charge in [-0.3, -0.25) is 4.79 Å². The number of aliphatic carboxylic acids is 1. The summed E-state index contributed by atoms with van der Waals surface area (Å²) in [6, 6.07) is 7.90. The van der Waals surface area contributed by atoms with Gasteiger partial charge in [0.25, 0.3) is 0 Å². The molecule has 1 heterocycles. The summed E-state index contributed by atoms with van der Waals surface area (Å²) in [5.74, 6) is -0.827. The van der Waals surface area contributed by atoms with E-state index in [1.54, 1.807) is 4.57 Å². The number of nitrogens with zero attached hydrogens (tertiary/aromatic N) is 1. The van der Waals surface area contributed by atoms with Crippen molar-refractivity contribution >= 4 is 16.9 Å². The Morgan fingerprint density at radius 3 is 2.95 bits per heavy atom. The number of hydrogen-bond donors (Lipinski definition) is 2. The third-order valence-electron chi connectivity index (χ3n) is 3.34. The molecule has 0 aliphatic carbocycles. The van der Waals surface area contributed by atoms with E-state index in [0.717, 1.165) is 49.2 Å². The van der Waals surface area contributed by atoms with Gasteiger partial charge in [-0.2, -0.15) is 0 Å². The van der Waals surface area contributed by atoms with Crippen LogP contribution in [0.5, 0.6) is 0 Å². The lowest BCUT2D eigenvalue weighted by Gasteiger charge is -2.04. The van der Waals surface area contributed by atoms with Crippen LogP contribution in [0.4, 0.5) is 0 Å². The molecular formula is C16H22N2O3. The number of para-hydroxylation sites is 1. The zero-order chi connectivity index (χ0) is 15.1. The van der Waals surface area contributed by atoms with Crippen molar-refractivity contribution in [3.8, 4) is 0 Å². The van der Waals surface area contributed by atoms with E-state index in [4.69, 9.17) is 9.84 Å². The fourth-order valence-electron chi connectivity index (χ4n) is 2.41. The van der Waals surface area contributed by atoms with Crippen LogP contribution in [-0.2, 0) is 22.6 Å². The molecule has 5 nitrogen and oxygen atoms in total. The summed E-state index contributed by atoms with van der Waals surface area (Å²) in [6.45, 7) is 5.13. The average molecular weight is 290 g/mol. The van der Waals surface area contributed by atoms with Crippen LogP contribution in [0.2, 0.25) is 0 Å². The highest BCUT2D eigenvalue weighted by Crippen LogP contribution is 2.21. The molecule has 1 aromatic carbocycles. The summed E-state index contributed by atoms with van der Waals surface area (Å²) in [7, 11) is 0. The average Bonchev–Trinajstić information content (AvgIpc) is 2.81. The number of aromatic nitrogens is 1. The van der Waals surface area contributed by atoms with Crippen molar-refractivity contribution < 1.29 is 14.6 Å². The van der Waals surface area contributed by atoms with E-state index in [9.17, 15) is 4.79 Å². The quantitative estimate of drug-likeness (QED) is 0.695. The lowest BCUT2D eigenvalue weighted by Crippen LogP contribution is -2.16. The molecule has 0 bridgehead atoms. The highest BCUT2D eigenvalue weighted by atomic mass is 16.5. The smallest absolute Gasteiger partial charge is 0.323 e. The lowest BCUT2D eigenvalue weighted by molar-refractivity contribution is -0.137. The van der Waals surface area contributed by atoms with Gasteiger partial charge in [-0.25, -0.2) is 0 Å². The molecule has 2 aromatic rings. The molecular weight excluding hydrogens is 268 g/mol. The summed E-state index contributed by atoms with van der Waals surface area (Å²) in [5.41, 5.74) is 2.09. The molecule has 0 aliphatic rings. The Labute approximate surface area is 124 Å². The highest BCUT2D eigenvalue weighted by molar-refractivity contribution is 5.85. The first kappa shape index (κ1) is 15.5. The minimum atomic E-state index is -0.827. The second kappa shape index (κ2) is 7.81. The summed E-state index contributed by atoms with van der Waals surface area (Å²) in [5, 5.41) is 13.5. The number of carboxylic acid groups (broad SMARTS) is 1. The molecule has 0 radical (unpaired) electrons. The zero-order valence-electron chi connectivity index (χ0n) is 12.3. The number of ether oxygens (including phenoxy) is 1. The summed E-state index contributed by atoms with van der Waals surface area (Å²) < 4.78 is 7.08. The van der Waals surface area contributed by atoms with E-state index >= 15 is 0 Å². The molecule has 2 N–H and O–H groups in total. The number of rotatable bonds is 9. The maximum atomic E-state index is 10.9. The van der Waals surface area contributed by atoms with E-state index < -0.39 is 5.97 Å². The predicted octanol–water partition coefficient (Wildman–Crippen LogP) is 2.24. The van der Waals surface area contributed by atoms with Gasteiger partial charge in [0.1, 0.15) is 6.54 Å². The monoisotopic (exact) mass is 290 g/mol. The van der Waals surface area contributed by atoms with Gasteiger partial charge in [0, 0.05) is 36.9 Å². The molecule has 21 heavy (non-hydrogen) atoms. The van der Waals surface area contributed by atoms with Crippen LogP contribution in [0.15, 0.2) is 30.5 Å². The fraction of sp³-hybridized carbons (Fsp3) is 0.438. The first-order valence-corrected chi connectivity index (χ1v) is 7.29. The second-order valence-corrected chi connectivity index (χ2v) is 4.92. The SMILES string of the molecule is CCOCCCNCc1cn(CC(=O)O)c2ccccc12. The van der Waals surface area contributed by atoms with E-state index in [0.29, 0.717) is 0 Å².